The molecular formula is C26H41BrO7Si. The van der Waals surface area contributed by atoms with Gasteiger partial charge in [-0.25, -0.2) is 0 Å². The van der Waals surface area contributed by atoms with Crippen LogP contribution in [0.2, 0.25) is 18.1 Å². The SMILES string of the molecule is C=C[C@]1(O[Si](C)(C)C(C)(C)C)C[C@]1(C/C=C/CC(CC(=C)CBr)(C(=O)OC)C(=O)OC)C(=O)OC. The number of carbonyl (C=O) groups is 3. The van der Waals surface area contributed by atoms with E-state index in [9.17, 15) is 14.4 Å². The van der Waals surface area contributed by atoms with Gasteiger partial charge in [-0.3, -0.25) is 14.4 Å². The molecule has 2 atom stereocenters. The Labute approximate surface area is 219 Å². The van der Waals surface area contributed by atoms with Gasteiger partial charge in [0, 0.05) is 5.33 Å². The van der Waals surface area contributed by atoms with Gasteiger partial charge < -0.3 is 18.6 Å². The number of allylic oxidation sites excluding steroid dienone is 3. The topological polar surface area (TPSA) is 88.1 Å². The summed E-state index contributed by atoms with van der Waals surface area (Å²) in [4.78, 5) is 38.4. The van der Waals surface area contributed by atoms with Crippen LogP contribution in [0.25, 0.3) is 0 Å². The second kappa shape index (κ2) is 11.6. The maximum atomic E-state index is 13.0. The zero-order valence-electron chi connectivity index (χ0n) is 22.4. The first-order chi connectivity index (χ1) is 16.1. The quantitative estimate of drug-likeness (QED) is 0.0718. The zero-order valence-corrected chi connectivity index (χ0v) is 25.0. The summed E-state index contributed by atoms with van der Waals surface area (Å²) in [6.07, 6.45) is 6.05. The highest BCUT2D eigenvalue weighted by Gasteiger charge is 2.73. The molecule has 0 aliphatic heterocycles. The van der Waals surface area contributed by atoms with E-state index in [0.717, 1.165) is 0 Å². The summed E-state index contributed by atoms with van der Waals surface area (Å²) >= 11 is 3.31. The first kappa shape index (κ1) is 31.3. The van der Waals surface area contributed by atoms with Crippen molar-refractivity contribution in [2.45, 2.75) is 70.2 Å². The van der Waals surface area contributed by atoms with Crippen LogP contribution in [-0.2, 0) is 33.0 Å². The van der Waals surface area contributed by atoms with Crippen molar-refractivity contribution in [1.29, 1.82) is 0 Å². The Bertz CT molecular complexity index is 857. The normalized spacial score (nSPS) is 22.4. The fourth-order valence-corrected chi connectivity index (χ4v) is 5.89. The highest BCUT2D eigenvalue weighted by atomic mass is 79.9. The summed E-state index contributed by atoms with van der Waals surface area (Å²) in [5.41, 5.74) is -2.68. The Morgan fingerprint density at radius 3 is 1.97 bits per heavy atom. The van der Waals surface area contributed by atoms with E-state index in [1.165, 1.54) is 21.3 Å². The average molecular weight is 574 g/mol. The number of carbonyl (C=O) groups excluding carboxylic acids is 3. The van der Waals surface area contributed by atoms with Crippen LogP contribution in [-0.4, -0.2) is 58.5 Å². The Hall–Kier alpha value is -1.71. The van der Waals surface area contributed by atoms with Crippen LogP contribution >= 0.6 is 15.9 Å². The maximum absolute atomic E-state index is 13.0. The predicted molar refractivity (Wildman–Crippen MR) is 143 cm³/mol. The van der Waals surface area contributed by atoms with E-state index in [1.807, 2.05) is 0 Å². The van der Waals surface area contributed by atoms with E-state index in [1.54, 1.807) is 18.2 Å². The third kappa shape index (κ3) is 6.17. The second-order valence-electron chi connectivity index (χ2n) is 10.7. The van der Waals surface area contributed by atoms with Gasteiger partial charge >= 0.3 is 17.9 Å². The van der Waals surface area contributed by atoms with Gasteiger partial charge in [-0.1, -0.05) is 67.1 Å². The fraction of sp³-hybridized carbons (Fsp3) is 0.654. The zero-order chi connectivity index (χ0) is 27.3. The smallest absolute Gasteiger partial charge is 0.323 e. The number of hydrogen-bond donors (Lipinski definition) is 0. The van der Waals surface area contributed by atoms with Crippen molar-refractivity contribution in [1.82, 2.24) is 0 Å². The number of methoxy groups -OCH3 is 3. The third-order valence-electron chi connectivity index (χ3n) is 7.39. The summed E-state index contributed by atoms with van der Waals surface area (Å²) < 4.78 is 21.8. The molecule has 0 unspecified atom stereocenters. The summed E-state index contributed by atoms with van der Waals surface area (Å²) in [6, 6.07) is 0. The van der Waals surface area contributed by atoms with Crippen LogP contribution < -0.4 is 0 Å². The minimum Gasteiger partial charge on any atom is -0.468 e. The fourth-order valence-electron chi connectivity index (χ4n) is 4.12. The lowest BCUT2D eigenvalue weighted by Gasteiger charge is -2.40. The molecule has 198 valence electrons. The second-order valence-corrected chi connectivity index (χ2v) is 16.0. The lowest BCUT2D eigenvalue weighted by atomic mass is 9.78. The summed E-state index contributed by atoms with van der Waals surface area (Å²) in [6.45, 7) is 18.6. The molecule has 7 nitrogen and oxygen atoms in total. The van der Waals surface area contributed by atoms with Gasteiger partial charge in [0.2, 0.25) is 0 Å². The van der Waals surface area contributed by atoms with E-state index >= 15 is 0 Å². The molecular weight excluding hydrogens is 532 g/mol. The Balaban J connectivity index is 3.29. The van der Waals surface area contributed by atoms with E-state index in [4.69, 9.17) is 18.6 Å². The van der Waals surface area contributed by atoms with Crippen molar-refractivity contribution in [3.63, 3.8) is 0 Å². The summed E-state index contributed by atoms with van der Waals surface area (Å²) in [5, 5.41) is 0.367. The van der Waals surface area contributed by atoms with Gasteiger partial charge in [-0.2, -0.15) is 0 Å². The van der Waals surface area contributed by atoms with Crippen LogP contribution in [0.5, 0.6) is 0 Å². The molecule has 35 heavy (non-hydrogen) atoms. The van der Waals surface area contributed by atoms with E-state index in [0.29, 0.717) is 23.7 Å². The van der Waals surface area contributed by atoms with E-state index in [-0.39, 0.29) is 23.8 Å². The Kier molecular flexibility index (Phi) is 10.3. The van der Waals surface area contributed by atoms with Gasteiger partial charge in [-0.05, 0) is 43.8 Å². The van der Waals surface area contributed by atoms with Crippen molar-refractivity contribution in [2.75, 3.05) is 26.7 Å². The number of hydrogen-bond acceptors (Lipinski definition) is 7. The minimum absolute atomic E-state index is 0.0276. The molecule has 0 aromatic carbocycles. The Morgan fingerprint density at radius 1 is 1.03 bits per heavy atom. The molecule has 1 rings (SSSR count). The Morgan fingerprint density at radius 2 is 1.57 bits per heavy atom. The number of ether oxygens (including phenoxy) is 3. The highest BCUT2D eigenvalue weighted by Crippen LogP contribution is 2.65. The maximum Gasteiger partial charge on any atom is 0.323 e. The average Bonchev–Trinajstić information content (AvgIpc) is 3.45. The van der Waals surface area contributed by atoms with E-state index in [2.05, 4.69) is 63.0 Å². The van der Waals surface area contributed by atoms with Crippen LogP contribution in [0.3, 0.4) is 0 Å². The van der Waals surface area contributed by atoms with Crippen molar-refractivity contribution in [3.8, 4) is 0 Å². The molecule has 0 amide bonds. The highest BCUT2D eigenvalue weighted by molar-refractivity contribution is 9.09. The monoisotopic (exact) mass is 572 g/mol. The molecule has 0 saturated heterocycles. The minimum atomic E-state index is -2.23. The molecule has 9 heteroatoms. The summed E-state index contributed by atoms with van der Waals surface area (Å²) in [5.74, 6) is -1.78. The molecule has 1 saturated carbocycles. The molecule has 1 fully saturated rings. The predicted octanol–water partition coefficient (Wildman–Crippen LogP) is 5.51. The third-order valence-corrected chi connectivity index (χ3v) is 12.7. The van der Waals surface area contributed by atoms with Crippen molar-refractivity contribution >= 4 is 42.2 Å². The first-order valence-corrected chi connectivity index (χ1v) is 15.6. The van der Waals surface area contributed by atoms with Gasteiger partial charge in [-0.15, -0.1) is 6.58 Å². The number of rotatable bonds is 13. The molecule has 0 radical (unpaired) electrons. The van der Waals surface area contributed by atoms with Crippen molar-refractivity contribution in [3.05, 3.63) is 37.0 Å². The van der Waals surface area contributed by atoms with Gasteiger partial charge in [0.15, 0.2) is 13.7 Å². The molecule has 0 aromatic rings. The largest absolute Gasteiger partial charge is 0.468 e. The van der Waals surface area contributed by atoms with Crippen LogP contribution in [0, 0.1) is 10.8 Å². The molecule has 0 heterocycles. The lowest BCUT2D eigenvalue weighted by Crippen LogP contribution is -2.46. The molecule has 0 bridgehead atoms. The first-order valence-electron chi connectivity index (χ1n) is 11.6. The van der Waals surface area contributed by atoms with Crippen LogP contribution in [0.15, 0.2) is 37.0 Å². The lowest BCUT2D eigenvalue weighted by molar-refractivity contribution is -0.169. The van der Waals surface area contributed by atoms with Gasteiger partial charge in [0.1, 0.15) is 5.41 Å². The molecule has 0 aromatic heterocycles. The van der Waals surface area contributed by atoms with Crippen LogP contribution in [0.1, 0.15) is 46.5 Å². The van der Waals surface area contributed by atoms with Crippen molar-refractivity contribution in [2.24, 2.45) is 10.8 Å². The van der Waals surface area contributed by atoms with Gasteiger partial charge in [0.25, 0.3) is 0 Å². The van der Waals surface area contributed by atoms with Crippen molar-refractivity contribution < 1.29 is 33.0 Å². The standard InChI is InChI=1S/C26H41BrO7Si/c1-11-26(34-35(9,10)23(3,4)5)18-25(26,22(30)33-8)15-13-12-14-24(20(28)31-6,21(29)32-7)16-19(2)17-27/h11-13H,1-2,14-18H2,3-10H3/b13-12+/t25-,26+/m1/s1. The number of alkyl halides is 1. The molecule has 0 N–H and O–H groups in total. The van der Waals surface area contributed by atoms with Crippen LogP contribution in [0.4, 0.5) is 0 Å². The number of esters is 3. The molecule has 1 aliphatic rings. The molecule has 1 aliphatic carbocycles. The molecule has 0 spiro atoms. The van der Waals surface area contributed by atoms with Gasteiger partial charge in [0.05, 0.1) is 26.9 Å². The van der Waals surface area contributed by atoms with E-state index < -0.39 is 36.7 Å². The summed E-state index contributed by atoms with van der Waals surface area (Å²) in [7, 11) is 1.59. The number of halogens is 1.